The molecule has 1 aromatic carbocycles. The molecule has 3 aromatic rings. The molecular formula is C19H12F2N4O. The summed E-state index contributed by atoms with van der Waals surface area (Å²) in [5.41, 5.74) is 1.06. The van der Waals surface area contributed by atoms with E-state index < -0.39 is 11.8 Å². The van der Waals surface area contributed by atoms with Crippen LogP contribution in [0.3, 0.4) is 0 Å². The van der Waals surface area contributed by atoms with Gasteiger partial charge < -0.3 is 5.11 Å². The van der Waals surface area contributed by atoms with Crippen molar-refractivity contribution in [3.05, 3.63) is 71.7 Å². The Bertz CT molecular complexity index is 1040. The van der Waals surface area contributed by atoms with Crippen molar-refractivity contribution in [2.45, 2.75) is 6.92 Å². The minimum atomic E-state index is -0.871. The molecule has 0 aliphatic heterocycles. The lowest BCUT2D eigenvalue weighted by Gasteiger charge is -2.09. The zero-order valence-corrected chi connectivity index (χ0v) is 13.6. The van der Waals surface area contributed by atoms with E-state index in [0.717, 1.165) is 6.07 Å². The maximum absolute atomic E-state index is 14.0. The van der Waals surface area contributed by atoms with Crippen LogP contribution in [0.4, 0.5) is 14.5 Å². The van der Waals surface area contributed by atoms with E-state index in [4.69, 9.17) is 0 Å². The standard InChI is InChI=1S/C19H12F2N4O/c1-11-8-12(6-7-23-11)18-19(26)15(9-17(21)25-18)16(10-22)24-14-4-2-13(20)3-5-14/h2-9,26H,1H3/b24-16+. The van der Waals surface area contributed by atoms with E-state index in [9.17, 15) is 19.1 Å². The number of aromatic nitrogens is 2. The first kappa shape index (κ1) is 17.2. The van der Waals surface area contributed by atoms with Gasteiger partial charge in [0.25, 0.3) is 0 Å². The Kier molecular flexibility index (Phi) is 4.67. The van der Waals surface area contributed by atoms with Crippen LogP contribution in [0.1, 0.15) is 11.3 Å². The fourth-order valence-corrected chi connectivity index (χ4v) is 2.37. The third-order valence-corrected chi connectivity index (χ3v) is 3.56. The highest BCUT2D eigenvalue weighted by molar-refractivity contribution is 6.15. The number of hydrogen-bond donors (Lipinski definition) is 1. The van der Waals surface area contributed by atoms with Crippen molar-refractivity contribution in [2.24, 2.45) is 4.99 Å². The maximum atomic E-state index is 14.0. The molecule has 5 nitrogen and oxygen atoms in total. The number of aromatic hydroxyl groups is 1. The second-order valence-electron chi connectivity index (χ2n) is 5.42. The SMILES string of the molecule is Cc1cc(-c2nc(F)cc(/C(C#N)=N/c3ccc(F)cc3)c2O)ccn1. The van der Waals surface area contributed by atoms with Gasteiger partial charge in [0.05, 0.1) is 11.3 Å². The first-order chi connectivity index (χ1) is 12.5. The van der Waals surface area contributed by atoms with Gasteiger partial charge in [0.15, 0.2) is 11.5 Å². The first-order valence-corrected chi connectivity index (χ1v) is 7.55. The lowest BCUT2D eigenvalue weighted by molar-refractivity contribution is 0.468. The predicted octanol–water partition coefficient (Wildman–Crippen LogP) is 4.08. The number of halogens is 2. The normalized spacial score (nSPS) is 11.2. The van der Waals surface area contributed by atoms with Gasteiger partial charge in [-0.05, 0) is 43.3 Å². The van der Waals surface area contributed by atoms with E-state index in [1.165, 1.54) is 30.5 Å². The molecule has 0 saturated heterocycles. The molecule has 0 saturated carbocycles. The summed E-state index contributed by atoms with van der Waals surface area (Å²) in [4.78, 5) is 11.8. The van der Waals surface area contributed by atoms with Gasteiger partial charge in [0, 0.05) is 23.5 Å². The lowest BCUT2D eigenvalue weighted by Crippen LogP contribution is -2.02. The predicted molar refractivity (Wildman–Crippen MR) is 92.0 cm³/mol. The zero-order chi connectivity index (χ0) is 18.7. The van der Waals surface area contributed by atoms with Crippen molar-refractivity contribution in [1.29, 1.82) is 5.26 Å². The van der Waals surface area contributed by atoms with E-state index in [1.54, 1.807) is 19.1 Å². The molecule has 128 valence electrons. The number of benzene rings is 1. The number of pyridine rings is 2. The van der Waals surface area contributed by atoms with Crippen LogP contribution in [0.25, 0.3) is 11.3 Å². The third kappa shape index (κ3) is 3.54. The molecule has 0 radical (unpaired) electrons. The molecule has 0 aliphatic rings. The summed E-state index contributed by atoms with van der Waals surface area (Å²) in [5, 5.41) is 19.9. The van der Waals surface area contributed by atoms with Crippen molar-refractivity contribution in [3.8, 4) is 23.1 Å². The highest BCUT2D eigenvalue weighted by atomic mass is 19.1. The van der Waals surface area contributed by atoms with Crippen molar-refractivity contribution >= 4 is 11.4 Å². The fraction of sp³-hybridized carbons (Fsp3) is 0.0526. The van der Waals surface area contributed by atoms with E-state index >= 15 is 0 Å². The third-order valence-electron chi connectivity index (χ3n) is 3.56. The minimum absolute atomic E-state index is 0.0208. The fourth-order valence-electron chi connectivity index (χ4n) is 2.37. The quantitative estimate of drug-likeness (QED) is 0.570. The van der Waals surface area contributed by atoms with Gasteiger partial charge in [0.2, 0.25) is 5.95 Å². The van der Waals surface area contributed by atoms with Crippen molar-refractivity contribution in [1.82, 2.24) is 9.97 Å². The van der Waals surface area contributed by atoms with Crippen LogP contribution >= 0.6 is 0 Å². The number of rotatable bonds is 3. The number of nitriles is 1. The summed E-state index contributed by atoms with van der Waals surface area (Å²) in [7, 11) is 0. The summed E-state index contributed by atoms with van der Waals surface area (Å²) in [6.07, 6.45) is 1.51. The van der Waals surface area contributed by atoms with E-state index in [0.29, 0.717) is 16.9 Å². The van der Waals surface area contributed by atoms with E-state index in [-0.39, 0.29) is 22.7 Å². The van der Waals surface area contributed by atoms with Crippen molar-refractivity contribution in [2.75, 3.05) is 0 Å². The molecular weight excluding hydrogens is 338 g/mol. The maximum Gasteiger partial charge on any atom is 0.214 e. The molecule has 2 aromatic heterocycles. The highest BCUT2D eigenvalue weighted by Gasteiger charge is 2.18. The lowest BCUT2D eigenvalue weighted by atomic mass is 10.0. The van der Waals surface area contributed by atoms with Crippen LogP contribution in [0.2, 0.25) is 0 Å². The van der Waals surface area contributed by atoms with E-state index in [2.05, 4.69) is 15.0 Å². The van der Waals surface area contributed by atoms with Crippen LogP contribution in [-0.4, -0.2) is 20.8 Å². The van der Waals surface area contributed by atoms with Gasteiger partial charge in [-0.2, -0.15) is 9.65 Å². The molecule has 0 atom stereocenters. The Morgan fingerprint density at radius 1 is 1.15 bits per heavy atom. The van der Waals surface area contributed by atoms with Crippen LogP contribution in [0.5, 0.6) is 5.75 Å². The number of aryl methyl sites for hydroxylation is 1. The van der Waals surface area contributed by atoms with Crippen molar-refractivity contribution in [3.63, 3.8) is 0 Å². The largest absolute Gasteiger partial charge is 0.505 e. The average molecular weight is 350 g/mol. The summed E-state index contributed by atoms with van der Waals surface area (Å²) >= 11 is 0. The molecule has 0 fully saturated rings. The monoisotopic (exact) mass is 350 g/mol. The Balaban J connectivity index is 2.15. The molecule has 0 unspecified atom stereocenters. The van der Waals surface area contributed by atoms with Crippen LogP contribution < -0.4 is 0 Å². The average Bonchev–Trinajstić information content (AvgIpc) is 2.63. The van der Waals surface area contributed by atoms with Crippen LogP contribution in [0, 0.1) is 30.0 Å². The topological polar surface area (TPSA) is 82.2 Å². The highest BCUT2D eigenvalue weighted by Crippen LogP contribution is 2.32. The Labute approximate surface area is 147 Å². The number of hydrogen-bond acceptors (Lipinski definition) is 5. The second kappa shape index (κ2) is 7.07. The summed E-state index contributed by atoms with van der Waals surface area (Å²) in [5.74, 6) is -1.70. The van der Waals surface area contributed by atoms with Crippen LogP contribution in [-0.2, 0) is 0 Å². The Hall–Kier alpha value is -3.66. The molecule has 0 spiro atoms. The summed E-state index contributed by atoms with van der Waals surface area (Å²) < 4.78 is 27.0. The van der Waals surface area contributed by atoms with Gasteiger partial charge in [-0.1, -0.05) is 0 Å². The van der Waals surface area contributed by atoms with Gasteiger partial charge in [-0.25, -0.2) is 14.4 Å². The summed E-state index contributed by atoms with van der Waals surface area (Å²) in [6, 6.07) is 11.1. The van der Waals surface area contributed by atoms with Gasteiger partial charge in [0.1, 0.15) is 17.6 Å². The molecule has 0 aliphatic carbocycles. The zero-order valence-electron chi connectivity index (χ0n) is 13.6. The van der Waals surface area contributed by atoms with Crippen molar-refractivity contribution < 1.29 is 13.9 Å². The van der Waals surface area contributed by atoms with Gasteiger partial charge in [-0.15, -0.1) is 0 Å². The number of nitrogens with zero attached hydrogens (tertiary/aromatic N) is 4. The second-order valence-corrected chi connectivity index (χ2v) is 5.42. The minimum Gasteiger partial charge on any atom is -0.505 e. The molecule has 1 N–H and O–H groups in total. The van der Waals surface area contributed by atoms with Crippen LogP contribution in [0.15, 0.2) is 53.7 Å². The van der Waals surface area contributed by atoms with E-state index in [1.807, 2.05) is 6.07 Å². The van der Waals surface area contributed by atoms with Gasteiger partial charge >= 0.3 is 0 Å². The molecule has 26 heavy (non-hydrogen) atoms. The Morgan fingerprint density at radius 3 is 2.54 bits per heavy atom. The summed E-state index contributed by atoms with van der Waals surface area (Å²) in [6.45, 7) is 1.75. The Morgan fingerprint density at radius 2 is 1.88 bits per heavy atom. The number of aliphatic imine (C=N–C) groups is 1. The van der Waals surface area contributed by atoms with Gasteiger partial charge in [-0.3, -0.25) is 4.98 Å². The smallest absolute Gasteiger partial charge is 0.214 e. The first-order valence-electron chi connectivity index (χ1n) is 7.55. The molecule has 0 amide bonds. The molecule has 7 heteroatoms. The molecule has 3 rings (SSSR count). The molecule has 2 heterocycles. The molecule has 0 bridgehead atoms.